The van der Waals surface area contributed by atoms with Crippen LogP contribution in [-0.2, 0) is 13.2 Å². The first-order valence-corrected chi connectivity index (χ1v) is 6.91. The molecule has 106 valence electrons. The molecule has 0 aliphatic carbocycles. The zero-order valence-electron chi connectivity index (χ0n) is 12.1. The molecule has 0 aliphatic rings. The molecule has 3 nitrogen and oxygen atoms in total. The highest BCUT2D eigenvalue weighted by Gasteiger charge is 2.06. The Labute approximate surface area is 120 Å². The second kappa shape index (κ2) is 7.56. The summed E-state index contributed by atoms with van der Waals surface area (Å²) in [7, 11) is 1.95. The lowest BCUT2D eigenvalue weighted by Crippen LogP contribution is -2.09. The Balaban J connectivity index is 2.09. The Morgan fingerprint density at radius 3 is 2.10 bits per heavy atom. The Hall–Kier alpha value is -2.00. The summed E-state index contributed by atoms with van der Waals surface area (Å²) in [6.07, 6.45) is 0. The van der Waals surface area contributed by atoms with Crippen molar-refractivity contribution in [2.75, 3.05) is 13.7 Å². The average molecular weight is 271 g/mol. The van der Waals surface area contributed by atoms with Crippen LogP contribution in [0.15, 0.2) is 48.5 Å². The minimum Gasteiger partial charge on any atom is -0.490 e. The molecule has 0 spiro atoms. The van der Waals surface area contributed by atoms with Crippen LogP contribution in [-0.4, -0.2) is 13.7 Å². The van der Waals surface area contributed by atoms with E-state index in [0.29, 0.717) is 13.2 Å². The standard InChI is InChI=1S/C17H21NO2/c1-3-19-16-10-6-7-11-17(16)20-13-15-9-5-4-8-14(15)12-18-2/h4-11,18H,3,12-13H2,1-2H3. The van der Waals surface area contributed by atoms with Gasteiger partial charge in [-0.15, -0.1) is 0 Å². The van der Waals surface area contributed by atoms with E-state index in [1.807, 2.05) is 50.4 Å². The molecule has 0 unspecified atom stereocenters. The second-order valence-corrected chi connectivity index (χ2v) is 4.47. The monoisotopic (exact) mass is 271 g/mol. The first-order valence-electron chi connectivity index (χ1n) is 6.91. The summed E-state index contributed by atoms with van der Waals surface area (Å²) in [5.74, 6) is 1.58. The van der Waals surface area contributed by atoms with Crippen LogP contribution in [0.3, 0.4) is 0 Å². The number of rotatable bonds is 7. The maximum Gasteiger partial charge on any atom is 0.161 e. The van der Waals surface area contributed by atoms with Crippen molar-refractivity contribution in [1.29, 1.82) is 0 Å². The predicted octanol–water partition coefficient (Wildman–Crippen LogP) is 3.38. The summed E-state index contributed by atoms with van der Waals surface area (Å²) in [5, 5.41) is 3.17. The fourth-order valence-corrected chi connectivity index (χ4v) is 2.06. The molecule has 0 saturated heterocycles. The molecule has 0 saturated carbocycles. The van der Waals surface area contributed by atoms with Crippen LogP contribution < -0.4 is 14.8 Å². The van der Waals surface area contributed by atoms with Crippen LogP contribution in [0.5, 0.6) is 11.5 Å². The fraction of sp³-hybridized carbons (Fsp3) is 0.294. The van der Waals surface area contributed by atoms with Crippen molar-refractivity contribution in [1.82, 2.24) is 5.32 Å². The predicted molar refractivity (Wildman–Crippen MR) is 81.1 cm³/mol. The SMILES string of the molecule is CCOc1ccccc1OCc1ccccc1CNC. The minimum absolute atomic E-state index is 0.544. The molecule has 2 aromatic carbocycles. The average Bonchev–Trinajstić information content (AvgIpc) is 2.48. The lowest BCUT2D eigenvalue weighted by molar-refractivity contribution is 0.268. The van der Waals surface area contributed by atoms with E-state index in [1.54, 1.807) is 0 Å². The summed E-state index contributed by atoms with van der Waals surface area (Å²) in [4.78, 5) is 0. The molecule has 2 aromatic rings. The van der Waals surface area contributed by atoms with Gasteiger partial charge in [0.2, 0.25) is 0 Å². The third-order valence-corrected chi connectivity index (χ3v) is 3.02. The number of para-hydroxylation sites is 2. The van der Waals surface area contributed by atoms with E-state index in [4.69, 9.17) is 9.47 Å². The molecule has 0 fully saturated rings. The van der Waals surface area contributed by atoms with Gasteiger partial charge in [-0.1, -0.05) is 36.4 Å². The molecule has 0 radical (unpaired) electrons. The van der Waals surface area contributed by atoms with Crippen molar-refractivity contribution in [2.24, 2.45) is 0 Å². The third-order valence-electron chi connectivity index (χ3n) is 3.02. The summed E-state index contributed by atoms with van der Waals surface area (Å²) in [6, 6.07) is 16.1. The number of hydrogen-bond donors (Lipinski definition) is 1. The van der Waals surface area contributed by atoms with Crippen LogP contribution in [0.4, 0.5) is 0 Å². The van der Waals surface area contributed by atoms with Crippen molar-refractivity contribution in [3.8, 4) is 11.5 Å². The van der Waals surface area contributed by atoms with Crippen LogP contribution >= 0.6 is 0 Å². The number of ether oxygens (including phenoxy) is 2. The van der Waals surface area contributed by atoms with E-state index in [2.05, 4.69) is 17.4 Å². The molecule has 2 rings (SSSR count). The highest BCUT2D eigenvalue weighted by atomic mass is 16.5. The normalized spacial score (nSPS) is 10.3. The first kappa shape index (κ1) is 14.4. The van der Waals surface area contributed by atoms with Gasteiger partial charge in [0, 0.05) is 6.54 Å². The second-order valence-electron chi connectivity index (χ2n) is 4.47. The lowest BCUT2D eigenvalue weighted by atomic mass is 10.1. The molecule has 1 N–H and O–H groups in total. The Morgan fingerprint density at radius 1 is 0.850 bits per heavy atom. The zero-order chi connectivity index (χ0) is 14.2. The number of benzene rings is 2. The van der Waals surface area contributed by atoms with Gasteiger partial charge in [-0.3, -0.25) is 0 Å². The maximum atomic E-state index is 5.91. The van der Waals surface area contributed by atoms with Gasteiger partial charge in [0.15, 0.2) is 11.5 Å². The first-order chi connectivity index (χ1) is 9.85. The van der Waals surface area contributed by atoms with Crippen LogP contribution in [0, 0.1) is 0 Å². The molecule has 0 aliphatic heterocycles. The lowest BCUT2D eigenvalue weighted by Gasteiger charge is -2.13. The summed E-state index contributed by atoms with van der Waals surface area (Å²) < 4.78 is 11.5. The third kappa shape index (κ3) is 3.75. The van der Waals surface area contributed by atoms with Crippen LogP contribution in [0.2, 0.25) is 0 Å². The molecule has 20 heavy (non-hydrogen) atoms. The van der Waals surface area contributed by atoms with E-state index in [9.17, 15) is 0 Å². The van der Waals surface area contributed by atoms with Crippen molar-refractivity contribution >= 4 is 0 Å². The quantitative estimate of drug-likeness (QED) is 0.837. The van der Waals surface area contributed by atoms with Gasteiger partial charge in [0.05, 0.1) is 6.61 Å². The molecular weight excluding hydrogens is 250 g/mol. The maximum absolute atomic E-state index is 5.91. The minimum atomic E-state index is 0.544. The largest absolute Gasteiger partial charge is 0.490 e. The molecular formula is C17H21NO2. The van der Waals surface area contributed by atoms with E-state index >= 15 is 0 Å². The summed E-state index contributed by atoms with van der Waals surface area (Å²) in [6.45, 7) is 3.99. The molecule has 0 heterocycles. The van der Waals surface area contributed by atoms with Crippen LogP contribution in [0.25, 0.3) is 0 Å². The van der Waals surface area contributed by atoms with E-state index in [1.165, 1.54) is 11.1 Å². The van der Waals surface area contributed by atoms with Crippen molar-refractivity contribution in [3.63, 3.8) is 0 Å². The molecule has 0 atom stereocenters. The summed E-state index contributed by atoms with van der Waals surface area (Å²) in [5.41, 5.74) is 2.44. The fourth-order valence-electron chi connectivity index (χ4n) is 2.06. The van der Waals surface area contributed by atoms with Gasteiger partial charge < -0.3 is 14.8 Å². The molecule has 3 heteroatoms. The van der Waals surface area contributed by atoms with Gasteiger partial charge in [0.25, 0.3) is 0 Å². The van der Waals surface area contributed by atoms with Crippen molar-refractivity contribution < 1.29 is 9.47 Å². The van der Waals surface area contributed by atoms with Gasteiger partial charge in [0.1, 0.15) is 6.61 Å². The topological polar surface area (TPSA) is 30.5 Å². The molecule has 0 amide bonds. The smallest absolute Gasteiger partial charge is 0.161 e. The highest BCUT2D eigenvalue weighted by Crippen LogP contribution is 2.27. The van der Waals surface area contributed by atoms with E-state index in [0.717, 1.165) is 18.0 Å². The van der Waals surface area contributed by atoms with Gasteiger partial charge in [-0.2, -0.15) is 0 Å². The van der Waals surface area contributed by atoms with Crippen molar-refractivity contribution in [3.05, 3.63) is 59.7 Å². The van der Waals surface area contributed by atoms with E-state index < -0.39 is 0 Å². The van der Waals surface area contributed by atoms with Crippen molar-refractivity contribution in [2.45, 2.75) is 20.1 Å². The highest BCUT2D eigenvalue weighted by molar-refractivity contribution is 5.39. The van der Waals surface area contributed by atoms with Gasteiger partial charge in [-0.25, -0.2) is 0 Å². The molecule has 0 aromatic heterocycles. The van der Waals surface area contributed by atoms with E-state index in [-0.39, 0.29) is 0 Å². The Kier molecular flexibility index (Phi) is 5.44. The Morgan fingerprint density at radius 2 is 1.45 bits per heavy atom. The number of hydrogen-bond acceptors (Lipinski definition) is 3. The summed E-state index contributed by atoms with van der Waals surface area (Å²) >= 11 is 0. The zero-order valence-corrected chi connectivity index (χ0v) is 12.1. The van der Waals surface area contributed by atoms with Crippen LogP contribution in [0.1, 0.15) is 18.1 Å². The Bertz CT molecular complexity index is 491. The molecule has 0 bridgehead atoms. The number of nitrogens with one attached hydrogen (secondary N) is 1. The van der Waals surface area contributed by atoms with Gasteiger partial charge >= 0.3 is 0 Å². The van der Waals surface area contributed by atoms with Gasteiger partial charge in [-0.05, 0) is 37.2 Å².